The van der Waals surface area contributed by atoms with Gasteiger partial charge in [0.2, 0.25) is 5.91 Å². The van der Waals surface area contributed by atoms with Crippen molar-refractivity contribution in [2.24, 2.45) is 11.7 Å². The van der Waals surface area contributed by atoms with Gasteiger partial charge >= 0.3 is 0 Å². The van der Waals surface area contributed by atoms with Crippen LogP contribution >= 0.6 is 12.4 Å². The van der Waals surface area contributed by atoms with E-state index in [1.54, 1.807) is 0 Å². The van der Waals surface area contributed by atoms with Crippen LogP contribution in [0.15, 0.2) is 30.3 Å². The Hall–Kier alpha value is -1.06. The van der Waals surface area contributed by atoms with Gasteiger partial charge in [0.1, 0.15) is 0 Å². The topological polar surface area (TPSA) is 46.3 Å². The number of nitrogens with zero attached hydrogens (tertiary/aromatic N) is 1. The molecule has 0 spiro atoms. The van der Waals surface area contributed by atoms with Crippen molar-refractivity contribution in [1.82, 2.24) is 4.90 Å². The molecule has 1 amide bonds. The van der Waals surface area contributed by atoms with Crippen molar-refractivity contribution in [2.75, 3.05) is 6.54 Å². The molecule has 4 heteroatoms. The minimum absolute atomic E-state index is 0. The summed E-state index contributed by atoms with van der Waals surface area (Å²) in [4.78, 5) is 15.1. The van der Waals surface area contributed by atoms with Gasteiger partial charge in [-0.1, -0.05) is 43.2 Å². The molecule has 3 atom stereocenters. The number of hydrogen-bond acceptors (Lipinski definition) is 2. The molecule has 1 heterocycles. The summed E-state index contributed by atoms with van der Waals surface area (Å²) in [5, 5.41) is 0. The fourth-order valence-electron chi connectivity index (χ4n) is 3.87. The van der Waals surface area contributed by atoms with E-state index in [0.29, 0.717) is 5.91 Å². The summed E-state index contributed by atoms with van der Waals surface area (Å²) < 4.78 is 0. The number of halogens is 1. The van der Waals surface area contributed by atoms with Crippen LogP contribution in [0.25, 0.3) is 0 Å². The minimum atomic E-state index is 0. The molecule has 1 aromatic rings. The highest BCUT2D eigenvalue weighted by Gasteiger charge is 2.34. The van der Waals surface area contributed by atoms with Crippen molar-refractivity contribution in [3.8, 4) is 0 Å². The molecular weight excluding hydrogens is 296 g/mol. The minimum Gasteiger partial charge on any atom is -0.335 e. The Labute approximate surface area is 139 Å². The Bertz CT molecular complexity index is 479. The molecule has 3 rings (SSSR count). The first-order valence-electron chi connectivity index (χ1n) is 8.36. The lowest BCUT2D eigenvalue weighted by atomic mass is 9.98. The largest absolute Gasteiger partial charge is 0.335 e. The lowest BCUT2D eigenvalue weighted by molar-refractivity contribution is -0.137. The molecule has 1 aliphatic heterocycles. The number of amides is 1. The Morgan fingerprint density at radius 1 is 1.05 bits per heavy atom. The number of benzene rings is 1. The maximum atomic E-state index is 13.0. The molecule has 1 aromatic carbocycles. The van der Waals surface area contributed by atoms with Gasteiger partial charge in [0, 0.05) is 18.5 Å². The fourth-order valence-corrected chi connectivity index (χ4v) is 3.87. The summed E-state index contributed by atoms with van der Waals surface area (Å²) in [6.07, 6.45) is 7.52. The van der Waals surface area contributed by atoms with Crippen LogP contribution in [0.3, 0.4) is 0 Å². The van der Waals surface area contributed by atoms with Gasteiger partial charge in [-0.25, -0.2) is 0 Å². The van der Waals surface area contributed by atoms with E-state index >= 15 is 0 Å². The Morgan fingerprint density at radius 3 is 2.50 bits per heavy atom. The highest BCUT2D eigenvalue weighted by atomic mass is 35.5. The van der Waals surface area contributed by atoms with Gasteiger partial charge in [-0.15, -0.1) is 12.4 Å². The number of nitrogens with two attached hydrogens (primary N) is 1. The number of carbonyl (C=O) groups is 1. The van der Waals surface area contributed by atoms with Crippen molar-refractivity contribution in [3.05, 3.63) is 35.9 Å². The average Bonchev–Trinajstić information content (AvgIpc) is 2.81. The smallest absolute Gasteiger partial charge is 0.226 e. The van der Waals surface area contributed by atoms with E-state index in [9.17, 15) is 4.79 Å². The molecule has 3 unspecified atom stereocenters. The van der Waals surface area contributed by atoms with Gasteiger partial charge in [-0.05, 0) is 37.7 Å². The lowest BCUT2D eigenvalue weighted by Crippen LogP contribution is -2.38. The SMILES string of the molecule is Cl.NC1CCC(C(=O)N2CCCCCC2c2ccccc2)C1. The van der Waals surface area contributed by atoms with E-state index < -0.39 is 0 Å². The van der Waals surface area contributed by atoms with Crippen LogP contribution in [-0.4, -0.2) is 23.4 Å². The first kappa shape index (κ1) is 17.3. The van der Waals surface area contributed by atoms with E-state index in [-0.39, 0.29) is 30.4 Å². The van der Waals surface area contributed by atoms with Crippen LogP contribution in [-0.2, 0) is 4.79 Å². The lowest BCUT2D eigenvalue weighted by Gasteiger charge is -2.32. The number of likely N-dealkylation sites (tertiary alicyclic amines) is 1. The van der Waals surface area contributed by atoms with Gasteiger partial charge in [0.15, 0.2) is 0 Å². The van der Waals surface area contributed by atoms with Crippen molar-refractivity contribution in [2.45, 2.75) is 57.0 Å². The predicted octanol–water partition coefficient (Wildman–Crippen LogP) is 3.68. The molecule has 2 fully saturated rings. The van der Waals surface area contributed by atoms with E-state index in [0.717, 1.165) is 38.6 Å². The van der Waals surface area contributed by atoms with E-state index in [1.807, 2.05) is 6.07 Å². The van der Waals surface area contributed by atoms with Crippen LogP contribution in [0.1, 0.15) is 56.6 Å². The first-order chi connectivity index (χ1) is 10.3. The van der Waals surface area contributed by atoms with Crippen LogP contribution in [0, 0.1) is 5.92 Å². The normalized spacial score (nSPS) is 28.8. The third-order valence-electron chi connectivity index (χ3n) is 5.04. The summed E-state index contributed by atoms with van der Waals surface area (Å²) >= 11 is 0. The van der Waals surface area contributed by atoms with Crippen LogP contribution < -0.4 is 5.73 Å². The van der Waals surface area contributed by atoms with Crippen LogP contribution in [0.2, 0.25) is 0 Å². The van der Waals surface area contributed by atoms with Crippen LogP contribution in [0.4, 0.5) is 0 Å². The molecule has 0 bridgehead atoms. The van der Waals surface area contributed by atoms with Crippen molar-refractivity contribution in [3.63, 3.8) is 0 Å². The standard InChI is InChI=1S/C18H26N2O.ClH/c19-16-11-10-15(13-16)18(21)20-12-6-2-5-9-17(20)14-7-3-1-4-8-14;/h1,3-4,7-8,15-17H,2,5-6,9-13,19H2;1H. The van der Waals surface area contributed by atoms with Gasteiger partial charge in [0.05, 0.1) is 6.04 Å². The second kappa shape index (κ2) is 7.98. The van der Waals surface area contributed by atoms with Crippen LogP contribution in [0.5, 0.6) is 0 Å². The molecule has 1 aliphatic carbocycles. The van der Waals surface area contributed by atoms with E-state index in [2.05, 4.69) is 29.2 Å². The average molecular weight is 323 g/mol. The summed E-state index contributed by atoms with van der Waals surface area (Å²) in [5.74, 6) is 0.503. The predicted molar refractivity (Wildman–Crippen MR) is 91.9 cm³/mol. The number of rotatable bonds is 2. The van der Waals surface area contributed by atoms with Gasteiger partial charge < -0.3 is 10.6 Å². The molecule has 1 saturated carbocycles. The summed E-state index contributed by atoms with van der Waals surface area (Å²) in [6.45, 7) is 0.907. The Kier molecular flexibility index (Phi) is 6.27. The second-order valence-electron chi connectivity index (χ2n) is 6.58. The fraction of sp³-hybridized carbons (Fsp3) is 0.611. The van der Waals surface area contributed by atoms with Crippen molar-refractivity contribution < 1.29 is 4.79 Å². The Morgan fingerprint density at radius 2 is 1.82 bits per heavy atom. The maximum absolute atomic E-state index is 13.0. The van der Waals surface area contributed by atoms with Crippen molar-refractivity contribution >= 4 is 18.3 Å². The summed E-state index contributed by atoms with van der Waals surface area (Å²) in [6, 6.07) is 11.0. The zero-order valence-corrected chi connectivity index (χ0v) is 13.9. The molecule has 0 radical (unpaired) electrons. The maximum Gasteiger partial charge on any atom is 0.226 e. The van der Waals surface area contributed by atoms with Gasteiger partial charge in [0.25, 0.3) is 0 Å². The molecule has 2 aliphatic rings. The van der Waals surface area contributed by atoms with Crippen molar-refractivity contribution in [1.29, 1.82) is 0 Å². The van der Waals surface area contributed by atoms with E-state index in [1.165, 1.54) is 18.4 Å². The number of carbonyl (C=O) groups excluding carboxylic acids is 1. The zero-order valence-electron chi connectivity index (χ0n) is 13.1. The third-order valence-corrected chi connectivity index (χ3v) is 5.04. The molecular formula is C18H27ClN2O. The monoisotopic (exact) mass is 322 g/mol. The highest BCUT2D eigenvalue weighted by molar-refractivity contribution is 5.85. The van der Waals surface area contributed by atoms with E-state index in [4.69, 9.17) is 5.73 Å². The molecule has 122 valence electrons. The number of hydrogen-bond donors (Lipinski definition) is 1. The molecule has 1 saturated heterocycles. The molecule has 0 aromatic heterocycles. The summed E-state index contributed by atoms with van der Waals surface area (Å²) in [7, 11) is 0. The first-order valence-corrected chi connectivity index (χ1v) is 8.36. The van der Waals surface area contributed by atoms with Gasteiger partial charge in [-0.2, -0.15) is 0 Å². The quantitative estimate of drug-likeness (QED) is 0.902. The highest BCUT2D eigenvalue weighted by Crippen LogP contribution is 2.34. The molecule has 3 nitrogen and oxygen atoms in total. The zero-order chi connectivity index (χ0) is 14.7. The second-order valence-corrected chi connectivity index (χ2v) is 6.58. The summed E-state index contributed by atoms with van der Waals surface area (Å²) in [5.41, 5.74) is 7.29. The molecule has 2 N–H and O–H groups in total. The molecule has 22 heavy (non-hydrogen) atoms. The van der Waals surface area contributed by atoms with Gasteiger partial charge in [-0.3, -0.25) is 4.79 Å². The third kappa shape index (κ3) is 3.82. The Balaban J connectivity index is 0.00000176.